The molecule has 0 aromatic heterocycles. The van der Waals surface area contributed by atoms with Gasteiger partial charge in [-0.2, -0.15) is 0 Å². The first-order valence-electron chi connectivity index (χ1n) is 3.63. The molecule has 1 fully saturated rings. The van der Waals surface area contributed by atoms with E-state index in [0.29, 0.717) is 13.2 Å². The molecule has 2 rings (SSSR count). The molecule has 0 bridgehead atoms. The second-order valence-electron chi connectivity index (χ2n) is 2.98. The third-order valence-electron chi connectivity index (χ3n) is 1.93. The third-order valence-corrected chi connectivity index (χ3v) is 1.93. The smallest absolute Gasteiger partial charge is 0.166 e. The van der Waals surface area contributed by atoms with Crippen LogP contribution in [-0.2, 0) is 9.47 Å². The molecule has 2 aliphatic rings. The molecule has 0 aromatic carbocycles. The van der Waals surface area contributed by atoms with Gasteiger partial charge in [-0.05, 0) is 6.92 Å². The van der Waals surface area contributed by atoms with E-state index in [9.17, 15) is 5.11 Å². The Hall–Kier alpha value is -0.740. The summed E-state index contributed by atoms with van der Waals surface area (Å²) in [6.45, 7) is 2.61. The normalized spacial score (nSPS) is 33.3. The first kappa shape index (κ1) is 6.94. The van der Waals surface area contributed by atoms with Crippen LogP contribution in [0.3, 0.4) is 0 Å². The van der Waals surface area contributed by atoms with Crippen LogP contribution in [0.15, 0.2) is 12.0 Å². The predicted octanol–water partition coefficient (Wildman–Crippen LogP) is -0.445. The summed E-state index contributed by atoms with van der Waals surface area (Å²) in [4.78, 5) is 0. The Labute approximate surface area is 64.8 Å². The maximum atomic E-state index is 9.69. The Morgan fingerprint density at radius 2 is 2.45 bits per heavy atom. The fourth-order valence-electron chi connectivity index (χ4n) is 1.15. The first-order valence-corrected chi connectivity index (χ1v) is 3.63. The highest BCUT2D eigenvalue weighted by Crippen LogP contribution is 2.26. The molecular formula is C7H11NO3. The van der Waals surface area contributed by atoms with Crippen molar-refractivity contribution in [3.63, 3.8) is 0 Å². The number of aliphatic hydroxyl groups is 1. The average Bonchev–Trinajstić information content (AvgIpc) is 2.31. The van der Waals surface area contributed by atoms with Gasteiger partial charge >= 0.3 is 0 Å². The van der Waals surface area contributed by atoms with Crippen LogP contribution in [0, 0.1) is 0 Å². The summed E-state index contributed by atoms with van der Waals surface area (Å²) >= 11 is 0. The minimum atomic E-state index is -0.815. The minimum absolute atomic E-state index is 0.0328. The van der Waals surface area contributed by atoms with E-state index in [0.717, 1.165) is 5.70 Å². The highest BCUT2D eigenvalue weighted by Gasteiger charge is 2.42. The second kappa shape index (κ2) is 2.12. The first-order chi connectivity index (χ1) is 5.21. The van der Waals surface area contributed by atoms with Crippen molar-refractivity contribution < 1.29 is 14.6 Å². The topological polar surface area (TPSA) is 50.7 Å². The monoisotopic (exact) mass is 157 g/mol. The van der Waals surface area contributed by atoms with Crippen LogP contribution in [0.4, 0.5) is 0 Å². The van der Waals surface area contributed by atoms with Crippen LogP contribution in [0.25, 0.3) is 0 Å². The van der Waals surface area contributed by atoms with Gasteiger partial charge in [0.25, 0.3) is 0 Å². The summed E-state index contributed by atoms with van der Waals surface area (Å²) in [5.74, 6) is 0. The lowest BCUT2D eigenvalue weighted by Crippen LogP contribution is -2.54. The van der Waals surface area contributed by atoms with Crippen molar-refractivity contribution in [2.24, 2.45) is 0 Å². The molecule has 0 aromatic rings. The molecule has 2 heterocycles. The number of rotatable bonds is 1. The van der Waals surface area contributed by atoms with E-state index in [2.05, 4.69) is 5.32 Å². The summed E-state index contributed by atoms with van der Waals surface area (Å²) in [6.07, 6.45) is 1.53. The summed E-state index contributed by atoms with van der Waals surface area (Å²) in [5, 5.41) is 12.7. The van der Waals surface area contributed by atoms with Crippen LogP contribution in [0.1, 0.15) is 6.92 Å². The van der Waals surface area contributed by atoms with E-state index in [1.54, 1.807) is 6.26 Å². The van der Waals surface area contributed by atoms with E-state index in [4.69, 9.17) is 9.47 Å². The summed E-state index contributed by atoms with van der Waals surface area (Å²) < 4.78 is 10.00. The number of ether oxygens (including phenoxy) is 2. The zero-order chi connectivity index (χ0) is 7.90. The molecule has 2 aliphatic heterocycles. The Bertz CT molecular complexity index is 198. The molecule has 1 unspecified atom stereocenters. The lowest BCUT2D eigenvalue weighted by molar-refractivity contribution is -0.156. The van der Waals surface area contributed by atoms with Gasteiger partial charge in [0.15, 0.2) is 11.8 Å². The van der Waals surface area contributed by atoms with Crippen LogP contribution in [0.5, 0.6) is 0 Å². The molecule has 0 spiro atoms. The van der Waals surface area contributed by atoms with Gasteiger partial charge in [0, 0.05) is 0 Å². The third kappa shape index (κ3) is 0.985. The van der Waals surface area contributed by atoms with Gasteiger partial charge in [0.2, 0.25) is 0 Å². The van der Waals surface area contributed by atoms with Gasteiger partial charge in [-0.15, -0.1) is 0 Å². The fourth-order valence-corrected chi connectivity index (χ4v) is 1.15. The van der Waals surface area contributed by atoms with Crippen LogP contribution in [0.2, 0.25) is 0 Å². The Morgan fingerprint density at radius 3 is 2.82 bits per heavy atom. The molecule has 0 amide bonds. The van der Waals surface area contributed by atoms with Crippen molar-refractivity contribution in [1.82, 2.24) is 5.32 Å². The van der Waals surface area contributed by atoms with Crippen molar-refractivity contribution in [1.29, 1.82) is 0 Å². The number of nitrogens with one attached hydrogen (secondary N) is 1. The Kier molecular flexibility index (Phi) is 1.34. The average molecular weight is 157 g/mol. The van der Waals surface area contributed by atoms with Crippen molar-refractivity contribution in [3.8, 4) is 0 Å². The Morgan fingerprint density at radius 1 is 1.73 bits per heavy atom. The molecule has 62 valence electrons. The van der Waals surface area contributed by atoms with Gasteiger partial charge < -0.3 is 19.9 Å². The summed E-state index contributed by atoms with van der Waals surface area (Å²) in [5.41, 5.74) is -0.0821. The van der Waals surface area contributed by atoms with Crippen molar-refractivity contribution in [2.45, 2.75) is 18.8 Å². The SMILES string of the molecule is CC1NC(C2(O)COC2)=CO1. The van der Waals surface area contributed by atoms with Gasteiger partial charge in [-0.3, -0.25) is 0 Å². The van der Waals surface area contributed by atoms with Gasteiger partial charge in [0.05, 0.1) is 18.9 Å². The number of hydrogen-bond donors (Lipinski definition) is 2. The lowest BCUT2D eigenvalue weighted by atomic mass is 9.99. The zero-order valence-electron chi connectivity index (χ0n) is 6.33. The summed E-state index contributed by atoms with van der Waals surface area (Å²) in [6, 6.07) is 0. The molecule has 2 N–H and O–H groups in total. The predicted molar refractivity (Wildman–Crippen MR) is 37.5 cm³/mol. The highest BCUT2D eigenvalue weighted by atomic mass is 16.5. The van der Waals surface area contributed by atoms with Crippen LogP contribution in [-0.4, -0.2) is 30.1 Å². The molecular weight excluding hydrogens is 146 g/mol. The van der Waals surface area contributed by atoms with Gasteiger partial charge in [-0.25, -0.2) is 0 Å². The van der Waals surface area contributed by atoms with E-state index in [1.807, 2.05) is 6.92 Å². The molecule has 4 nitrogen and oxygen atoms in total. The van der Waals surface area contributed by atoms with Crippen molar-refractivity contribution >= 4 is 0 Å². The van der Waals surface area contributed by atoms with E-state index >= 15 is 0 Å². The second-order valence-corrected chi connectivity index (χ2v) is 2.98. The largest absolute Gasteiger partial charge is 0.477 e. The van der Waals surface area contributed by atoms with Crippen molar-refractivity contribution in [2.75, 3.05) is 13.2 Å². The molecule has 1 atom stereocenters. The lowest BCUT2D eigenvalue weighted by Gasteiger charge is -2.36. The maximum absolute atomic E-state index is 9.69. The highest BCUT2D eigenvalue weighted by molar-refractivity contribution is 5.18. The zero-order valence-corrected chi connectivity index (χ0v) is 6.33. The van der Waals surface area contributed by atoms with Crippen molar-refractivity contribution in [3.05, 3.63) is 12.0 Å². The number of hydrogen-bond acceptors (Lipinski definition) is 4. The quantitative estimate of drug-likeness (QED) is 0.541. The van der Waals surface area contributed by atoms with Gasteiger partial charge in [-0.1, -0.05) is 0 Å². The maximum Gasteiger partial charge on any atom is 0.166 e. The van der Waals surface area contributed by atoms with E-state index in [1.165, 1.54) is 0 Å². The molecule has 0 saturated carbocycles. The molecule has 0 aliphatic carbocycles. The van der Waals surface area contributed by atoms with E-state index in [-0.39, 0.29) is 6.23 Å². The van der Waals surface area contributed by atoms with Gasteiger partial charge in [0.1, 0.15) is 6.26 Å². The minimum Gasteiger partial charge on any atom is -0.477 e. The summed E-state index contributed by atoms with van der Waals surface area (Å²) in [7, 11) is 0. The van der Waals surface area contributed by atoms with Crippen LogP contribution >= 0.6 is 0 Å². The van der Waals surface area contributed by atoms with Crippen LogP contribution < -0.4 is 5.32 Å². The fraction of sp³-hybridized carbons (Fsp3) is 0.714. The molecule has 1 saturated heterocycles. The standard InChI is InChI=1S/C7H11NO3/c1-5-8-6(2-11-5)7(9)3-10-4-7/h2,5,8-9H,3-4H2,1H3. The molecule has 11 heavy (non-hydrogen) atoms. The van der Waals surface area contributed by atoms with E-state index < -0.39 is 5.60 Å². The molecule has 4 heteroatoms. The Balaban J connectivity index is 2.05. The molecule has 0 radical (unpaired) electrons.